The number of unbranched alkanes of at least 4 members (excludes halogenated alkanes) is 1. The summed E-state index contributed by atoms with van der Waals surface area (Å²) in [5.74, 6) is 0.803. The summed E-state index contributed by atoms with van der Waals surface area (Å²) in [7, 11) is 0. The molecule has 2 aromatic rings. The number of anilines is 2. The summed E-state index contributed by atoms with van der Waals surface area (Å²) < 4.78 is 2.11. The minimum absolute atomic E-state index is 0.648. The van der Waals surface area contributed by atoms with Crippen LogP contribution in [-0.4, -0.2) is 9.55 Å². The van der Waals surface area contributed by atoms with Crippen LogP contribution < -0.4 is 5.32 Å². The number of aromatic nitrogens is 2. The monoisotopic (exact) mass is 311 g/mol. The van der Waals surface area contributed by atoms with Gasteiger partial charge in [-0.2, -0.15) is 0 Å². The highest BCUT2D eigenvalue weighted by Crippen LogP contribution is 2.31. The normalized spacial score (nSPS) is 10.8. The summed E-state index contributed by atoms with van der Waals surface area (Å²) in [6, 6.07) is 3.70. The first kappa shape index (κ1) is 15.2. The van der Waals surface area contributed by atoms with Crippen molar-refractivity contribution in [2.45, 2.75) is 40.2 Å². The van der Waals surface area contributed by atoms with Crippen molar-refractivity contribution >= 4 is 34.8 Å². The van der Waals surface area contributed by atoms with Gasteiger partial charge in [0.05, 0.1) is 16.4 Å². The molecule has 2 rings (SSSR count). The highest BCUT2D eigenvalue weighted by molar-refractivity contribution is 6.35. The van der Waals surface area contributed by atoms with Crippen molar-refractivity contribution in [1.29, 1.82) is 0 Å². The Balaban J connectivity index is 2.27. The molecule has 0 saturated heterocycles. The lowest BCUT2D eigenvalue weighted by Crippen LogP contribution is -2.03. The van der Waals surface area contributed by atoms with E-state index < -0.39 is 0 Å². The minimum Gasteiger partial charge on any atom is -0.324 e. The number of benzene rings is 1. The van der Waals surface area contributed by atoms with E-state index in [1.54, 1.807) is 0 Å². The van der Waals surface area contributed by atoms with Crippen molar-refractivity contribution in [2.75, 3.05) is 5.32 Å². The zero-order valence-corrected chi connectivity index (χ0v) is 13.5. The maximum Gasteiger partial charge on any atom is 0.207 e. The van der Waals surface area contributed by atoms with Gasteiger partial charge >= 0.3 is 0 Å². The lowest BCUT2D eigenvalue weighted by Gasteiger charge is -2.12. The number of aryl methyl sites for hydroxylation is 3. The van der Waals surface area contributed by atoms with Crippen LogP contribution in [0, 0.1) is 13.8 Å². The van der Waals surface area contributed by atoms with Crippen molar-refractivity contribution in [3.63, 3.8) is 0 Å². The van der Waals surface area contributed by atoms with Crippen molar-refractivity contribution in [3.05, 3.63) is 39.6 Å². The Labute approximate surface area is 129 Å². The van der Waals surface area contributed by atoms with Crippen LogP contribution in [0.15, 0.2) is 18.3 Å². The van der Waals surface area contributed by atoms with E-state index in [1.807, 2.05) is 32.2 Å². The minimum atomic E-state index is 0.648. The van der Waals surface area contributed by atoms with Crippen molar-refractivity contribution < 1.29 is 0 Å². The SMILES string of the molecule is CCCCn1cc(C)nc1Nc1cc(Cl)c(C)cc1Cl. The van der Waals surface area contributed by atoms with Gasteiger partial charge in [-0.1, -0.05) is 36.5 Å². The molecule has 0 aliphatic rings. The first-order chi connectivity index (χ1) is 9.51. The molecule has 0 unspecified atom stereocenters. The Morgan fingerprint density at radius 2 is 1.95 bits per heavy atom. The standard InChI is InChI=1S/C15H19Cl2N3/c1-4-5-6-20-9-11(3)18-15(20)19-14-8-12(16)10(2)7-13(14)17/h7-9H,4-6H2,1-3H3,(H,18,19). The molecule has 0 atom stereocenters. The Bertz CT molecular complexity index is 605. The molecule has 0 aliphatic heterocycles. The van der Waals surface area contributed by atoms with E-state index in [0.29, 0.717) is 10.0 Å². The smallest absolute Gasteiger partial charge is 0.207 e. The van der Waals surface area contributed by atoms with E-state index in [1.165, 1.54) is 0 Å². The van der Waals surface area contributed by atoms with Crippen molar-refractivity contribution in [3.8, 4) is 0 Å². The number of rotatable bonds is 5. The quantitative estimate of drug-likeness (QED) is 0.806. The molecule has 0 aliphatic carbocycles. The number of hydrogen-bond acceptors (Lipinski definition) is 2. The molecule has 5 heteroatoms. The third-order valence-electron chi connectivity index (χ3n) is 3.14. The molecule has 3 nitrogen and oxygen atoms in total. The fraction of sp³-hybridized carbons (Fsp3) is 0.400. The van der Waals surface area contributed by atoms with Crippen LogP contribution in [0.4, 0.5) is 11.6 Å². The Morgan fingerprint density at radius 3 is 2.65 bits per heavy atom. The van der Waals surface area contributed by atoms with Crippen LogP contribution in [0.1, 0.15) is 31.0 Å². The topological polar surface area (TPSA) is 29.9 Å². The second-order valence-electron chi connectivity index (χ2n) is 4.96. The maximum absolute atomic E-state index is 6.26. The Kier molecular flexibility index (Phi) is 4.95. The van der Waals surface area contributed by atoms with Gasteiger partial charge in [-0.15, -0.1) is 0 Å². The summed E-state index contributed by atoms with van der Waals surface area (Å²) in [5.41, 5.74) is 2.73. The van der Waals surface area contributed by atoms with Gasteiger partial charge in [-0.25, -0.2) is 4.98 Å². The molecule has 0 bridgehead atoms. The lowest BCUT2D eigenvalue weighted by molar-refractivity contribution is 0.637. The number of hydrogen-bond donors (Lipinski definition) is 1. The molecular formula is C15H19Cl2N3. The van der Waals surface area contributed by atoms with Gasteiger partial charge < -0.3 is 9.88 Å². The predicted octanol–water partition coefficient (Wildman–Crippen LogP) is 5.35. The van der Waals surface area contributed by atoms with E-state index in [9.17, 15) is 0 Å². The third-order valence-corrected chi connectivity index (χ3v) is 3.86. The molecule has 1 heterocycles. The van der Waals surface area contributed by atoms with E-state index in [-0.39, 0.29) is 0 Å². The molecule has 0 saturated carbocycles. The van der Waals surface area contributed by atoms with E-state index in [2.05, 4.69) is 21.8 Å². The molecule has 0 amide bonds. The average Bonchev–Trinajstić information content (AvgIpc) is 2.73. The van der Waals surface area contributed by atoms with Crippen LogP contribution in [0.5, 0.6) is 0 Å². The highest BCUT2D eigenvalue weighted by Gasteiger charge is 2.09. The number of nitrogens with zero attached hydrogens (tertiary/aromatic N) is 2. The van der Waals surface area contributed by atoms with E-state index >= 15 is 0 Å². The molecule has 1 aromatic heterocycles. The predicted molar refractivity (Wildman–Crippen MR) is 86.4 cm³/mol. The van der Waals surface area contributed by atoms with Gasteiger partial charge in [0.15, 0.2) is 0 Å². The van der Waals surface area contributed by atoms with Gasteiger partial charge in [0.2, 0.25) is 5.95 Å². The van der Waals surface area contributed by atoms with Crippen LogP contribution in [0.25, 0.3) is 0 Å². The largest absolute Gasteiger partial charge is 0.324 e. The maximum atomic E-state index is 6.26. The van der Waals surface area contributed by atoms with E-state index in [0.717, 1.165) is 42.3 Å². The second-order valence-corrected chi connectivity index (χ2v) is 5.77. The average molecular weight is 312 g/mol. The van der Waals surface area contributed by atoms with Gasteiger partial charge in [-0.05, 0) is 38.0 Å². The molecule has 0 fully saturated rings. The fourth-order valence-electron chi connectivity index (χ4n) is 2.01. The van der Waals surface area contributed by atoms with Crippen molar-refractivity contribution in [2.24, 2.45) is 0 Å². The molecule has 20 heavy (non-hydrogen) atoms. The van der Waals surface area contributed by atoms with Gasteiger partial charge in [0.25, 0.3) is 0 Å². The summed E-state index contributed by atoms with van der Waals surface area (Å²) in [6.45, 7) is 7.03. The van der Waals surface area contributed by atoms with Crippen molar-refractivity contribution in [1.82, 2.24) is 9.55 Å². The molecule has 0 spiro atoms. The highest BCUT2D eigenvalue weighted by atomic mass is 35.5. The fourth-order valence-corrected chi connectivity index (χ4v) is 2.44. The van der Waals surface area contributed by atoms with Gasteiger partial charge in [0, 0.05) is 17.8 Å². The van der Waals surface area contributed by atoms with Crippen LogP contribution in [0.2, 0.25) is 10.0 Å². The zero-order chi connectivity index (χ0) is 14.7. The molecule has 108 valence electrons. The number of nitrogens with one attached hydrogen (secondary N) is 1. The number of imidazole rings is 1. The summed E-state index contributed by atoms with van der Waals surface area (Å²) in [4.78, 5) is 4.50. The lowest BCUT2D eigenvalue weighted by atomic mass is 10.2. The third kappa shape index (κ3) is 3.47. The van der Waals surface area contributed by atoms with Gasteiger partial charge in [-0.3, -0.25) is 0 Å². The first-order valence-corrected chi connectivity index (χ1v) is 7.53. The summed E-state index contributed by atoms with van der Waals surface area (Å²) >= 11 is 12.4. The van der Waals surface area contributed by atoms with Crippen LogP contribution in [-0.2, 0) is 6.54 Å². The second kappa shape index (κ2) is 6.51. The van der Waals surface area contributed by atoms with Gasteiger partial charge in [0.1, 0.15) is 0 Å². The molecule has 1 N–H and O–H groups in total. The Morgan fingerprint density at radius 1 is 1.20 bits per heavy atom. The van der Waals surface area contributed by atoms with E-state index in [4.69, 9.17) is 23.2 Å². The van der Waals surface area contributed by atoms with Crippen LogP contribution >= 0.6 is 23.2 Å². The molecular weight excluding hydrogens is 293 g/mol. The summed E-state index contributed by atoms with van der Waals surface area (Å²) in [6.07, 6.45) is 4.31. The molecule has 0 radical (unpaired) electrons. The summed E-state index contributed by atoms with van der Waals surface area (Å²) in [5, 5.41) is 4.62. The first-order valence-electron chi connectivity index (χ1n) is 6.77. The number of halogens is 2. The molecule has 1 aromatic carbocycles. The zero-order valence-electron chi connectivity index (χ0n) is 12.0. The van der Waals surface area contributed by atoms with Crippen LogP contribution in [0.3, 0.4) is 0 Å². The Hall–Kier alpha value is -1.19.